The van der Waals surface area contributed by atoms with E-state index in [4.69, 9.17) is 4.42 Å². The Morgan fingerprint density at radius 1 is 0.793 bits per heavy atom. The van der Waals surface area contributed by atoms with Crippen LogP contribution in [0.4, 0.5) is 11.4 Å². The first-order chi connectivity index (χ1) is 14.2. The van der Waals surface area contributed by atoms with E-state index in [-0.39, 0.29) is 5.63 Å². The van der Waals surface area contributed by atoms with Crippen LogP contribution in [0.25, 0.3) is 22.5 Å². The lowest BCUT2D eigenvalue weighted by atomic mass is 9.87. The second-order valence-electron chi connectivity index (χ2n) is 7.34. The summed E-state index contributed by atoms with van der Waals surface area (Å²) >= 11 is 0. The second kappa shape index (κ2) is 7.10. The average Bonchev–Trinajstić information content (AvgIpc) is 2.79. The van der Waals surface area contributed by atoms with Crippen LogP contribution in [0.15, 0.2) is 94.1 Å². The molecule has 3 nitrogen and oxygen atoms in total. The largest absolute Gasteiger partial charge is 0.422 e. The molecule has 29 heavy (non-hydrogen) atoms. The maximum Gasteiger partial charge on any atom is 0.346 e. The van der Waals surface area contributed by atoms with Crippen molar-refractivity contribution in [2.45, 2.75) is 12.8 Å². The molecule has 4 aromatic rings. The van der Waals surface area contributed by atoms with Crippen molar-refractivity contribution in [3.8, 4) is 22.5 Å². The topological polar surface area (TPSA) is 33.5 Å². The van der Waals surface area contributed by atoms with Gasteiger partial charge >= 0.3 is 5.63 Å². The molecule has 0 fully saturated rings. The van der Waals surface area contributed by atoms with Crippen LogP contribution in [-0.2, 0) is 12.8 Å². The number of hydrogen-bond acceptors (Lipinski definition) is 3. The fourth-order valence-electron chi connectivity index (χ4n) is 4.24. The SMILES string of the molecule is CN(c1ccccc1)c1c2c(oc(=O)c1-c1ccccc1)-c1ccccc1CC2. The van der Waals surface area contributed by atoms with Crippen LogP contribution in [0.1, 0.15) is 11.1 Å². The van der Waals surface area contributed by atoms with Crippen molar-refractivity contribution in [2.75, 3.05) is 11.9 Å². The molecule has 1 aromatic heterocycles. The Hall–Kier alpha value is -3.59. The lowest BCUT2D eigenvalue weighted by Gasteiger charge is -2.28. The highest BCUT2D eigenvalue weighted by molar-refractivity contribution is 5.88. The van der Waals surface area contributed by atoms with Crippen LogP contribution in [0.3, 0.4) is 0 Å². The molecule has 1 aliphatic carbocycles. The van der Waals surface area contributed by atoms with Crippen LogP contribution in [0.5, 0.6) is 0 Å². The van der Waals surface area contributed by atoms with Crippen molar-refractivity contribution in [1.29, 1.82) is 0 Å². The zero-order valence-corrected chi connectivity index (χ0v) is 16.3. The van der Waals surface area contributed by atoms with Gasteiger partial charge in [-0.1, -0.05) is 72.8 Å². The standard InChI is InChI=1S/C26H21NO2/c1-27(20-13-6-3-7-14-20)24-22-17-16-18-10-8-9-15-21(18)25(22)29-26(28)23(24)19-11-4-2-5-12-19/h2-15H,16-17H2,1H3. The van der Waals surface area contributed by atoms with Crippen molar-refractivity contribution in [2.24, 2.45) is 0 Å². The zero-order valence-electron chi connectivity index (χ0n) is 16.3. The monoisotopic (exact) mass is 379 g/mol. The summed E-state index contributed by atoms with van der Waals surface area (Å²) in [5.74, 6) is 0.703. The molecule has 0 bridgehead atoms. The summed E-state index contributed by atoms with van der Waals surface area (Å²) in [6.07, 6.45) is 1.77. The van der Waals surface area contributed by atoms with Gasteiger partial charge in [0.1, 0.15) is 5.76 Å². The molecule has 0 amide bonds. The number of hydrogen-bond donors (Lipinski definition) is 0. The highest BCUT2D eigenvalue weighted by Crippen LogP contribution is 2.43. The van der Waals surface area contributed by atoms with Crippen LogP contribution >= 0.6 is 0 Å². The number of para-hydroxylation sites is 1. The summed E-state index contributed by atoms with van der Waals surface area (Å²) in [6.45, 7) is 0. The van der Waals surface area contributed by atoms with E-state index in [0.29, 0.717) is 11.3 Å². The fraction of sp³-hybridized carbons (Fsp3) is 0.115. The van der Waals surface area contributed by atoms with Gasteiger partial charge in [-0.15, -0.1) is 0 Å². The van der Waals surface area contributed by atoms with Gasteiger partial charge in [-0.2, -0.15) is 0 Å². The molecule has 3 aromatic carbocycles. The minimum Gasteiger partial charge on any atom is -0.422 e. The zero-order chi connectivity index (χ0) is 19.8. The Bertz CT molecular complexity index is 1230. The Morgan fingerprint density at radius 3 is 2.21 bits per heavy atom. The number of nitrogens with zero attached hydrogens (tertiary/aromatic N) is 1. The summed E-state index contributed by atoms with van der Waals surface area (Å²) in [6, 6.07) is 28.2. The molecule has 1 aliphatic rings. The highest BCUT2D eigenvalue weighted by atomic mass is 16.4. The minimum atomic E-state index is -0.301. The molecule has 0 atom stereocenters. The van der Waals surface area contributed by atoms with Gasteiger partial charge in [0, 0.05) is 23.9 Å². The normalized spacial score (nSPS) is 12.2. The van der Waals surface area contributed by atoms with E-state index in [2.05, 4.69) is 23.1 Å². The molecule has 0 radical (unpaired) electrons. The summed E-state index contributed by atoms with van der Waals surface area (Å²) in [7, 11) is 2.03. The molecular formula is C26H21NO2. The third-order valence-electron chi connectivity index (χ3n) is 5.64. The third kappa shape index (κ3) is 2.95. The molecule has 1 heterocycles. The fourth-order valence-corrected chi connectivity index (χ4v) is 4.24. The van der Waals surface area contributed by atoms with Crippen molar-refractivity contribution in [3.05, 3.63) is 106 Å². The predicted octanol–water partition coefficient (Wildman–Crippen LogP) is 5.84. The number of rotatable bonds is 3. The smallest absolute Gasteiger partial charge is 0.346 e. The maximum atomic E-state index is 13.3. The van der Waals surface area contributed by atoms with E-state index in [1.807, 2.05) is 73.8 Å². The molecule has 5 rings (SSSR count). The first-order valence-corrected chi connectivity index (χ1v) is 9.86. The summed E-state index contributed by atoms with van der Waals surface area (Å²) in [5.41, 5.74) is 6.50. The molecule has 0 unspecified atom stereocenters. The minimum absolute atomic E-state index is 0.301. The van der Waals surface area contributed by atoms with Crippen molar-refractivity contribution in [3.63, 3.8) is 0 Å². The van der Waals surface area contributed by atoms with Crippen LogP contribution in [0, 0.1) is 0 Å². The first-order valence-electron chi connectivity index (χ1n) is 9.86. The van der Waals surface area contributed by atoms with E-state index in [0.717, 1.165) is 40.9 Å². The Kier molecular flexibility index (Phi) is 4.28. The predicted molar refractivity (Wildman–Crippen MR) is 118 cm³/mol. The highest BCUT2D eigenvalue weighted by Gasteiger charge is 2.28. The lowest BCUT2D eigenvalue weighted by Crippen LogP contribution is -2.21. The molecular weight excluding hydrogens is 358 g/mol. The van der Waals surface area contributed by atoms with Crippen LogP contribution in [0.2, 0.25) is 0 Å². The van der Waals surface area contributed by atoms with Gasteiger partial charge in [0.05, 0.1) is 11.3 Å². The van der Waals surface area contributed by atoms with Gasteiger partial charge in [0.2, 0.25) is 0 Å². The molecule has 142 valence electrons. The van der Waals surface area contributed by atoms with Crippen LogP contribution in [-0.4, -0.2) is 7.05 Å². The van der Waals surface area contributed by atoms with Crippen LogP contribution < -0.4 is 10.5 Å². The quantitative estimate of drug-likeness (QED) is 0.448. The number of aryl methyl sites for hydroxylation is 1. The Labute approximate surface area is 169 Å². The number of fused-ring (bicyclic) bond motifs is 3. The summed E-state index contributed by atoms with van der Waals surface area (Å²) in [4.78, 5) is 15.4. The first kappa shape index (κ1) is 17.5. The summed E-state index contributed by atoms with van der Waals surface area (Å²) in [5, 5.41) is 0. The Balaban J connectivity index is 1.83. The molecule has 0 N–H and O–H groups in total. The second-order valence-corrected chi connectivity index (χ2v) is 7.34. The number of benzene rings is 3. The van der Waals surface area contributed by atoms with Gasteiger partial charge in [0.25, 0.3) is 0 Å². The molecule has 0 saturated heterocycles. The van der Waals surface area contributed by atoms with Gasteiger partial charge in [0.15, 0.2) is 0 Å². The van der Waals surface area contributed by atoms with Gasteiger partial charge in [-0.05, 0) is 36.1 Å². The van der Waals surface area contributed by atoms with E-state index < -0.39 is 0 Å². The number of anilines is 2. The van der Waals surface area contributed by atoms with Crippen molar-refractivity contribution < 1.29 is 4.42 Å². The molecule has 0 saturated carbocycles. The molecule has 0 aliphatic heterocycles. The van der Waals surface area contributed by atoms with Crippen molar-refractivity contribution in [1.82, 2.24) is 0 Å². The van der Waals surface area contributed by atoms with E-state index >= 15 is 0 Å². The van der Waals surface area contributed by atoms with E-state index in [1.54, 1.807) is 0 Å². The van der Waals surface area contributed by atoms with Gasteiger partial charge in [-0.3, -0.25) is 0 Å². The Morgan fingerprint density at radius 2 is 1.45 bits per heavy atom. The average molecular weight is 379 g/mol. The van der Waals surface area contributed by atoms with E-state index in [9.17, 15) is 4.79 Å². The summed E-state index contributed by atoms with van der Waals surface area (Å²) < 4.78 is 5.96. The van der Waals surface area contributed by atoms with Crippen molar-refractivity contribution >= 4 is 11.4 Å². The maximum absolute atomic E-state index is 13.3. The molecule has 0 spiro atoms. The van der Waals surface area contributed by atoms with Gasteiger partial charge < -0.3 is 9.32 Å². The molecule has 3 heteroatoms. The third-order valence-corrected chi connectivity index (χ3v) is 5.64. The van der Waals surface area contributed by atoms with E-state index in [1.165, 1.54) is 5.56 Å². The lowest BCUT2D eigenvalue weighted by molar-refractivity contribution is 0.518. The van der Waals surface area contributed by atoms with Gasteiger partial charge in [-0.25, -0.2) is 4.79 Å².